The van der Waals surface area contributed by atoms with Crippen LogP contribution in [0.25, 0.3) is 0 Å². The van der Waals surface area contributed by atoms with Gasteiger partial charge in [-0.2, -0.15) is 0 Å². The predicted octanol–water partition coefficient (Wildman–Crippen LogP) is 2.42. The van der Waals surface area contributed by atoms with Crippen LogP contribution < -0.4 is 10.6 Å². The maximum absolute atomic E-state index is 11.6. The van der Waals surface area contributed by atoms with E-state index in [0.717, 1.165) is 24.0 Å². The molecular weight excluding hydrogens is 341 g/mol. The van der Waals surface area contributed by atoms with Gasteiger partial charge in [0.15, 0.2) is 0 Å². The van der Waals surface area contributed by atoms with Crippen LogP contribution in [-0.2, 0) is 0 Å². The summed E-state index contributed by atoms with van der Waals surface area (Å²) in [4.78, 5) is 15.6. The van der Waals surface area contributed by atoms with E-state index in [1.165, 1.54) is 0 Å². The van der Waals surface area contributed by atoms with Crippen molar-refractivity contribution in [3.8, 4) is 0 Å². The van der Waals surface area contributed by atoms with E-state index in [4.69, 9.17) is 0 Å². The smallest absolute Gasteiger partial charge is 0.269 e. The van der Waals surface area contributed by atoms with E-state index in [0.29, 0.717) is 12.2 Å². The number of carbonyl (C=O) groups excluding carboxylic acids is 1. The van der Waals surface area contributed by atoms with Crippen molar-refractivity contribution in [1.29, 1.82) is 0 Å². The fourth-order valence-electron chi connectivity index (χ4n) is 1.17. The first-order valence-electron chi connectivity index (χ1n) is 5.34. The van der Waals surface area contributed by atoms with Crippen LogP contribution in [0.4, 0.5) is 0 Å². The lowest BCUT2D eigenvalue weighted by Gasteiger charge is -2.05. The third kappa shape index (κ3) is 7.87. The first kappa shape index (κ1) is 20.0. The lowest BCUT2D eigenvalue weighted by molar-refractivity contribution is 0.0949. The molecule has 0 fully saturated rings. The van der Waals surface area contributed by atoms with Crippen molar-refractivity contribution in [3.63, 3.8) is 0 Å². The first-order valence-corrected chi connectivity index (χ1v) is 6.14. The van der Waals surface area contributed by atoms with Crippen LogP contribution in [-0.4, -0.2) is 30.5 Å². The molecule has 1 aromatic heterocycles. The lowest BCUT2D eigenvalue weighted by Crippen LogP contribution is -2.32. The van der Waals surface area contributed by atoms with Gasteiger partial charge in [-0.3, -0.25) is 4.79 Å². The molecule has 0 aliphatic heterocycles. The molecule has 4 nitrogen and oxygen atoms in total. The highest BCUT2D eigenvalue weighted by molar-refractivity contribution is 9.10. The Morgan fingerprint density at radius 3 is 2.56 bits per heavy atom. The van der Waals surface area contributed by atoms with Crippen molar-refractivity contribution in [2.75, 3.05) is 19.6 Å². The second-order valence-electron chi connectivity index (χ2n) is 3.37. The van der Waals surface area contributed by atoms with Crippen LogP contribution in [0.3, 0.4) is 0 Å². The fraction of sp³-hybridized carbons (Fsp3) is 0.455. The fourth-order valence-corrected chi connectivity index (χ4v) is 1.40. The summed E-state index contributed by atoms with van der Waals surface area (Å²) in [7, 11) is 0. The summed E-state index contributed by atoms with van der Waals surface area (Å²) in [5, 5.41) is 6.01. The molecule has 0 radical (unpaired) electrons. The second kappa shape index (κ2) is 11.7. The monoisotopic (exact) mass is 357 g/mol. The standard InChI is InChI=1S/C11H16BrN3O.2ClH/c1-2-5-13-6-7-14-11(16)10-4-3-9(12)8-15-10;;/h3-4,8,13H,2,5-7H2,1H3,(H,14,16);2*1H. The Hall–Kier alpha value is -0.360. The zero-order valence-electron chi connectivity index (χ0n) is 10.1. The molecule has 0 aromatic carbocycles. The highest BCUT2D eigenvalue weighted by Gasteiger charge is 2.04. The zero-order valence-corrected chi connectivity index (χ0v) is 13.3. The number of pyridine rings is 1. The SMILES string of the molecule is CCCNCCNC(=O)c1ccc(Br)cn1.Cl.Cl. The molecule has 1 amide bonds. The van der Waals surface area contributed by atoms with Gasteiger partial charge < -0.3 is 10.6 Å². The summed E-state index contributed by atoms with van der Waals surface area (Å²) < 4.78 is 0.869. The number of carbonyl (C=O) groups is 1. The van der Waals surface area contributed by atoms with Gasteiger partial charge in [0, 0.05) is 23.8 Å². The van der Waals surface area contributed by atoms with E-state index < -0.39 is 0 Å². The molecule has 0 saturated carbocycles. The minimum atomic E-state index is -0.134. The van der Waals surface area contributed by atoms with Crippen molar-refractivity contribution in [3.05, 3.63) is 28.5 Å². The van der Waals surface area contributed by atoms with E-state index in [9.17, 15) is 4.79 Å². The molecule has 0 saturated heterocycles. The molecule has 0 unspecified atom stereocenters. The van der Waals surface area contributed by atoms with E-state index in [-0.39, 0.29) is 30.7 Å². The van der Waals surface area contributed by atoms with Gasteiger partial charge in [0.25, 0.3) is 5.91 Å². The zero-order chi connectivity index (χ0) is 11.8. The quantitative estimate of drug-likeness (QED) is 0.768. The van der Waals surface area contributed by atoms with Gasteiger partial charge >= 0.3 is 0 Å². The average molecular weight is 359 g/mol. The Kier molecular flexibility index (Phi) is 13.0. The minimum absolute atomic E-state index is 0. The number of rotatable bonds is 6. The van der Waals surface area contributed by atoms with Gasteiger partial charge in [-0.25, -0.2) is 4.98 Å². The second-order valence-corrected chi connectivity index (χ2v) is 4.28. The van der Waals surface area contributed by atoms with Crippen LogP contribution in [0.2, 0.25) is 0 Å². The molecule has 0 aliphatic rings. The molecule has 1 heterocycles. The summed E-state index contributed by atoms with van der Waals surface area (Å²) in [5.41, 5.74) is 0.443. The summed E-state index contributed by atoms with van der Waals surface area (Å²) in [6, 6.07) is 3.50. The Morgan fingerprint density at radius 2 is 2.00 bits per heavy atom. The Balaban J connectivity index is 0. The maximum Gasteiger partial charge on any atom is 0.269 e. The normalized spacial score (nSPS) is 9.00. The van der Waals surface area contributed by atoms with Crippen LogP contribution in [0.1, 0.15) is 23.8 Å². The van der Waals surface area contributed by atoms with Crippen molar-refractivity contribution in [2.24, 2.45) is 0 Å². The molecular formula is C11H18BrCl2N3O. The summed E-state index contributed by atoms with van der Waals surface area (Å²) in [5.74, 6) is -0.134. The number of hydrogen-bond acceptors (Lipinski definition) is 3. The van der Waals surface area contributed by atoms with Gasteiger partial charge in [-0.15, -0.1) is 24.8 Å². The molecule has 0 atom stereocenters. The van der Waals surface area contributed by atoms with E-state index in [1.54, 1.807) is 18.3 Å². The van der Waals surface area contributed by atoms with Crippen molar-refractivity contribution < 1.29 is 4.79 Å². The molecule has 7 heteroatoms. The summed E-state index contributed by atoms with van der Waals surface area (Å²) in [6.45, 7) is 4.50. The molecule has 18 heavy (non-hydrogen) atoms. The Labute approximate surface area is 128 Å². The topological polar surface area (TPSA) is 54.0 Å². The van der Waals surface area contributed by atoms with Gasteiger partial charge in [0.2, 0.25) is 0 Å². The predicted molar refractivity (Wildman–Crippen MR) is 81.9 cm³/mol. The van der Waals surface area contributed by atoms with Crippen molar-refractivity contribution in [2.45, 2.75) is 13.3 Å². The van der Waals surface area contributed by atoms with Gasteiger partial charge in [-0.05, 0) is 41.0 Å². The lowest BCUT2D eigenvalue weighted by atomic mass is 10.3. The molecule has 104 valence electrons. The van der Waals surface area contributed by atoms with Gasteiger partial charge in [0.1, 0.15) is 5.69 Å². The van der Waals surface area contributed by atoms with Crippen molar-refractivity contribution in [1.82, 2.24) is 15.6 Å². The minimum Gasteiger partial charge on any atom is -0.349 e. The maximum atomic E-state index is 11.6. The van der Waals surface area contributed by atoms with Crippen LogP contribution in [0.5, 0.6) is 0 Å². The number of nitrogens with one attached hydrogen (secondary N) is 2. The molecule has 2 N–H and O–H groups in total. The third-order valence-corrected chi connectivity index (χ3v) is 2.44. The van der Waals surface area contributed by atoms with E-state index >= 15 is 0 Å². The molecule has 0 aliphatic carbocycles. The molecule has 0 spiro atoms. The first-order chi connectivity index (χ1) is 7.74. The van der Waals surface area contributed by atoms with Crippen molar-refractivity contribution >= 4 is 46.7 Å². The number of aromatic nitrogens is 1. The highest BCUT2D eigenvalue weighted by Crippen LogP contribution is 2.06. The van der Waals surface area contributed by atoms with E-state index in [2.05, 4.69) is 38.5 Å². The average Bonchev–Trinajstić information content (AvgIpc) is 2.29. The Bertz CT molecular complexity index is 336. The number of nitrogens with zero attached hydrogens (tertiary/aromatic N) is 1. The molecule has 0 bridgehead atoms. The van der Waals surface area contributed by atoms with Crippen LogP contribution >= 0.6 is 40.7 Å². The number of halogens is 3. The molecule has 1 aromatic rings. The Morgan fingerprint density at radius 1 is 1.28 bits per heavy atom. The van der Waals surface area contributed by atoms with Gasteiger partial charge in [-0.1, -0.05) is 6.92 Å². The summed E-state index contributed by atoms with van der Waals surface area (Å²) >= 11 is 3.27. The van der Waals surface area contributed by atoms with E-state index in [1.807, 2.05) is 0 Å². The van der Waals surface area contributed by atoms with Crippen LogP contribution in [0.15, 0.2) is 22.8 Å². The number of amides is 1. The third-order valence-electron chi connectivity index (χ3n) is 1.97. The van der Waals surface area contributed by atoms with Crippen LogP contribution in [0, 0.1) is 0 Å². The highest BCUT2D eigenvalue weighted by atomic mass is 79.9. The number of hydrogen-bond donors (Lipinski definition) is 2. The largest absolute Gasteiger partial charge is 0.349 e. The van der Waals surface area contributed by atoms with Gasteiger partial charge in [0.05, 0.1) is 0 Å². The molecule has 1 rings (SSSR count). The summed E-state index contributed by atoms with van der Waals surface area (Å²) in [6.07, 6.45) is 2.71.